The van der Waals surface area contributed by atoms with Gasteiger partial charge in [-0.3, -0.25) is 9.59 Å². The molecule has 25 heavy (non-hydrogen) atoms. The number of hydrogen-bond donors (Lipinski definition) is 3. The van der Waals surface area contributed by atoms with E-state index in [1.54, 1.807) is 27.7 Å². The van der Waals surface area contributed by atoms with Gasteiger partial charge >= 0.3 is 11.9 Å². The summed E-state index contributed by atoms with van der Waals surface area (Å²) in [4.78, 5) is 49.5. The van der Waals surface area contributed by atoms with Gasteiger partial charge in [0.05, 0.1) is 18.2 Å². The van der Waals surface area contributed by atoms with Crippen molar-refractivity contribution in [1.82, 2.24) is 15.6 Å². The van der Waals surface area contributed by atoms with Crippen LogP contribution < -0.4 is 10.6 Å². The van der Waals surface area contributed by atoms with Crippen LogP contribution >= 0.6 is 0 Å². The van der Waals surface area contributed by atoms with Crippen LogP contribution in [-0.2, 0) is 19.1 Å². The highest BCUT2D eigenvalue weighted by Crippen LogP contribution is 2.20. The molecule has 0 aromatic carbocycles. The Morgan fingerprint density at radius 1 is 1.08 bits per heavy atom. The van der Waals surface area contributed by atoms with Gasteiger partial charge in [0, 0.05) is 12.7 Å². The zero-order valence-electron chi connectivity index (χ0n) is 14.9. The zero-order chi connectivity index (χ0) is 19.1. The van der Waals surface area contributed by atoms with E-state index in [2.05, 4.69) is 15.6 Å². The number of carbonyl (C=O) groups is 4. The third-order valence-electron chi connectivity index (χ3n) is 3.25. The maximum absolute atomic E-state index is 12.1. The fraction of sp³-hybridized carbons (Fsp3) is 0.500. The predicted octanol–water partition coefficient (Wildman–Crippen LogP) is 0.216. The summed E-state index contributed by atoms with van der Waals surface area (Å²) >= 11 is 0. The highest BCUT2D eigenvalue weighted by molar-refractivity contribution is 5.99. The Morgan fingerprint density at radius 3 is 2.28 bits per heavy atom. The Kier molecular flexibility index (Phi) is 7.16. The number of H-pyrrole nitrogens is 1. The number of likely N-dealkylation sites (N-methyl/N-ethyl adjacent to an activating group) is 1. The van der Waals surface area contributed by atoms with Crippen molar-refractivity contribution < 1.29 is 28.7 Å². The molecule has 0 fully saturated rings. The average molecular weight is 353 g/mol. The third-order valence-corrected chi connectivity index (χ3v) is 3.25. The van der Waals surface area contributed by atoms with Crippen molar-refractivity contribution in [1.29, 1.82) is 0 Å². The number of esters is 2. The van der Waals surface area contributed by atoms with Gasteiger partial charge in [0.15, 0.2) is 6.61 Å². The molecule has 138 valence electrons. The van der Waals surface area contributed by atoms with Crippen molar-refractivity contribution in [3.8, 4) is 0 Å². The Morgan fingerprint density at radius 2 is 1.72 bits per heavy atom. The van der Waals surface area contributed by atoms with E-state index in [1.807, 2.05) is 0 Å². The van der Waals surface area contributed by atoms with Crippen LogP contribution in [0.3, 0.4) is 0 Å². The molecule has 0 aliphatic rings. The quantitative estimate of drug-likeness (QED) is 0.602. The zero-order valence-corrected chi connectivity index (χ0v) is 14.9. The van der Waals surface area contributed by atoms with Crippen LogP contribution in [0.4, 0.5) is 0 Å². The van der Waals surface area contributed by atoms with Crippen LogP contribution in [-0.4, -0.2) is 55.0 Å². The molecule has 0 saturated carbocycles. The molecule has 1 aromatic heterocycles. The smallest absolute Gasteiger partial charge is 0.355 e. The van der Waals surface area contributed by atoms with Crippen molar-refractivity contribution in [2.75, 3.05) is 20.2 Å². The predicted molar refractivity (Wildman–Crippen MR) is 88.2 cm³/mol. The number of hydrogen-bond acceptors (Lipinski definition) is 6. The van der Waals surface area contributed by atoms with E-state index in [0.29, 0.717) is 11.3 Å². The molecule has 0 unspecified atom stereocenters. The van der Waals surface area contributed by atoms with E-state index in [0.717, 1.165) is 0 Å². The molecule has 1 heterocycles. The largest absolute Gasteiger partial charge is 0.459 e. The van der Waals surface area contributed by atoms with Gasteiger partial charge in [-0.1, -0.05) is 0 Å². The lowest BCUT2D eigenvalue weighted by molar-refractivity contribution is -0.127. The molecule has 9 nitrogen and oxygen atoms in total. The summed E-state index contributed by atoms with van der Waals surface area (Å²) in [5, 5.41) is 4.64. The second kappa shape index (κ2) is 8.86. The summed E-state index contributed by atoms with van der Waals surface area (Å²) in [6.45, 7) is 5.92. The van der Waals surface area contributed by atoms with E-state index in [4.69, 9.17) is 9.47 Å². The van der Waals surface area contributed by atoms with Crippen molar-refractivity contribution in [2.45, 2.75) is 33.8 Å². The second-order valence-corrected chi connectivity index (χ2v) is 5.61. The highest BCUT2D eigenvalue weighted by atomic mass is 16.5. The lowest BCUT2D eigenvalue weighted by Crippen LogP contribution is -2.37. The molecule has 1 aromatic rings. The lowest BCUT2D eigenvalue weighted by Gasteiger charge is -2.08. The number of amides is 2. The topological polar surface area (TPSA) is 127 Å². The van der Waals surface area contributed by atoms with Gasteiger partial charge in [-0.15, -0.1) is 0 Å². The van der Waals surface area contributed by atoms with E-state index >= 15 is 0 Å². The Bertz CT molecular complexity index is 678. The van der Waals surface area contributed by atoms with Crippen molar-refractivity contribution >= 4 is 23.8 Å². The number of aryl methyl sites for hydroxylation is 1. The van der Waals surface area contributed by atoms with Crippen LogP contribution in [0.25, 0.3) is 0 Å². The standard InChI is InChI=1S/C16H23N3O6/c1-8(2)25-15(22)13-9(3)14(19-10(13)4)16(23)24-7-12(21)18-6-11(20)17-5/h8,19H,6-7H2,1-5H3,(H,17,20)(H,18,21). The van der Waals surface area contributed by atoms with E-state index in [-0.39, 0.29) is 29.8 Å². The normalized spacial score (nSPS) is 10.3. The molecule has 0 spiro atoms. The molecule has 9 heteroatoms. The number of aromatic amines is 1. The van der Waals surface area contributed by atoms with Gasteiger partial charge in [0.2, 0.25) is 5.91 Å². The van der Waals surface area contributed by atoms with Gasteiger partial charge in [0.25, 0.3) is 5.91 Å². The Balaban J connectivity index is 2.72. The van der Waals surface area contributed by atoms with Crippen molar-refractivity contribution in [3.63, 3.8) is 0 Å². The molecular formula is C16H23N3O6. The number of rotatable bonds is 7. The first-order chi connectivity index (χ1) is 11.7. The van der Waals surface area contributed by atoms with Crippen LogP contribution in [0.1, 0.15) is 46.0 Å². The van der Waals surface area contributed by atoms with Gasteiger partial charge in [-0.2, -0.15) is 0 Å². The summed E-state index contributed by atoms with van der Waals surface area (Å²) < 4.78 is 10.0. The van der Waals surface area contributed by atoms with Gasteiger partial charge in [-0.05, 0) is 33.3 Å². The average Bonchev–Trinajstić information content (AvgIpc) is 2.84. The number of carbonyl (C=O) groups excluding carboxylic acids is 4. The van der Waals surface area contributed by atoms with Crippen LogP contribution in [0.15, 0.2) is 0 Å². The summed E-state index contributed by atoms with van der Waals surface area (Å²) in [6, 6.07) is 0. The molecule has 0 atom stereocenters. The molecule has 0 bridgehead atoms. The molecule has 0 saturated heterocycles. The van der Waals surface area contributed by atoms with Crippen LogP contribution in [0.2, 0.25) is 0 Å². The first-order valence-electron chi connectivity index (χ1n) is 7.71. The molecule has 0 radical (unpaired) electrons. The minimum Gasteiger partial charge on any atom is -0.459 e. The molecular weight excluding hydrogens is 330 g/mol. The lowest BCUT2D eigenvalue weighted by atomic mass is 10.1. The maximum Gasteiger partial charge on any atom is 0.355 e. The molecule has 0 aliphatic heterocycles. The molecule has 2 amide bonds. The fourth-order valence-corrected chi connectivity index (χ4v) is 2.05. The summed E-state index contributed by atoms with van der Waals surface area (Å²) in [7, 11) is 1.44. The van der Waals surface area contributed by atoms with Gasteiger partial charge < -0.3 is 25.1 Å². The summed E-state index contributed by atoms with van der Waals surface area (Å²) in [5.41, 5.74) is 1.20. The highest BCUT2D eigenvalue weighted by Gasteiger charge is 2.24. The molecule has 3 N–H and O–H groups in total. The number of aromatic nitrogens is 1. The van der Waals surface area contributed by atoms with Gasteiger partial charge in [-0.25, -0.2) is 9.59 Å². The minimum absolute atomic E-state index is 0.0762. The summed E-state index contributed by atoms with van der Waals surface area (Å²) in [6.07, 6.45) is -0.291. The van der Waals surface area contributed by atoms with Crippen LogP contribution in [0, 0.1) is 13.8 Å². The summed E-state index contributed by atoms with van der Waals surface area (Å²) in [5.74, 6) is -2.30. The first-order valence-corrected chi connectivity index (χ1v) is 7.71. The number of nitrogens with one attached hydrogen (secondary N) is 3. The molecule has 0 aliphatic carbocycles. The monoisotopic (exact) mass is 353 g/mol. The second-order valence-electron chi connectivity index (χ2n) is 5.61. The third kappa shape index (κ3) is 5.63. The van der Waals surface area contributed by atoms with Gasteiger partial charge in [0.1, 0.15) is 5.69 Å². The number of ether oxygens (including phenoxy) is 2. The minimum atomic E-state index is -0.778. The maximum atomic E-state index is 12.1. The van der Waals surface area contributed by atoms with Crippen molar-refractivity contribution in [3.05, 3.63) is 22.5 Å². The first kappa shape index (κ1) is 20.2. The van der Waals surface area contributed by atoms with Crippen LogP contribution in [0.5, 0.6) is 0 Å². The SMILES string of the molecule is CNC(=O)CNC(=O)COC(=O)c1[nH]c(C)c(C(=O)OC(C)C)c1C. The van der Waals surface area contributed by atoms with E-state index in [1.165, 1.54) is 7.05 Å². The van der Waals surface area contributed by atoms with E-state index < -0.39 is 24.5 Å². The fourth-order valence-electron chi connectivity index (χ4n) is 2.05. The Labute approximate surface area is 145 Å². The van der Waals surface area contributed by atoms with Crippen molar-refractivity contribution in [2.24, 2.45) is 0 Å². The van der Waals surface area contributed by atoms with E-state index in [9.17, 15) is 19.2 Å². The molecule has 1 rings (SSSR count). The Hall–Kier alpha value is -2.84.